The van der Waals surface area contributed by atoms with E-state index in [4.69, 9.17) is 4.84 Å². The molecule has 94 valence electrons. The van der Waals surface area contributed by atoms with Crippen LogP contribution < -0.4 is 10.6 Å². The highest BCUT2D eigenvalue weighted by Crippen LogP contribution is 2.32. The van der Waals surface area contributed by atoms with Gasteiger partial charge in [-0.15, -0.1) is 0 Å². The van der Waals surface area contributed by atoms with Gasteiger partial charge in [0.1, 0.15) is 11.3 Å². The van der Waals surface area contributed by atoms with Crippen LogP contribution in [0.2, 0.25) is 0 Å². The number of nitrogens with zero attached hydrogens (tertiary/aromatic N) is 1. The van der Waals surface area contributed by atoms with Crippen molar-refractivity contribution in [2.75, 3.05) is 19.6 Å². The van der Waals surface area contributed by atoms with Crippen molar-refractivity contribution in [2.45, 2.75) is 37.7 Å². The molecular formula is C12H19N3O2. The lowest BCUT2D eigenvalue weighted by Gasteiger charge is -2.30. The van der Waals surface area contributed by atoms with Crippen LogP contribution in [-0.2, 0) is 9.63 Å². The molecule has 2 heterocycles. The van der Waals surface area contributed by atoms with Gasteiger partial charge in [0.25, 0.3) is 5.91 Å². The van der Waals surface area contributed by atoms with Crippen LogP contribution in [0.3, 0.4) is 0 Å². The molecule has 5 heteroatoms. The minimum atomic E-state index is -0.197. The van der Waals surface area contributed by atoms with Gasteiger partial charge >= 0.3 is 0 Å². The number of carbonyl (C=O) groups excluding carboxylic acids is 1. The molecule has 17 heavy (non-hydrogen) atoms. The van der Waals surface area contributed by atoms with Gasteiger partial charge in [0.2, 0.25) is 0 Å². The molecule has 1 saturated carbocycles. The standard InChI is InChI=1S/C12H19N3O2/c16-11(14-8-9-1-2-9)10-7-12(17-15-10)3-5-13-6-4-12/h9,13H,1-8H2,(H,14,16). The number of piperidine rings is 1. The predicted octanol–water partition coefficient (Wildman–Crippen LogP) is 0.411. The van der Waals surface area contributed by atoms with E-state index >= 15 is 0 Å². The quantitative estimate of drug-likeness (QED) is 0.747. The van der Waals surface area contributed by atoms with Crippen LogP contribution in [0.15, 0.2) is 5.16 Å². The van der Waals surface area contributed by atoms with Gasteiger partial charge in [-0.25, -0.2) is 0 Å². The van der Waals surface area contributed by atoms with E-state index in [0.717, 1.165) is 32.5 Å². The molecule has 0 aromatic heterocycles. The Morgan fingerprint density at radius 1 is 1.47 bits per heavy atom. The third-order valence-corrected chi connectivity index (χ3v) is 3.86. The maximum Gasteiger partial charge on any atom is 0.269 e. The van der Waals surface area contributed by atoms with Gasteiger partial charge in [-0.05, 0) is 31.8 Å². The zero-order chi connectivity index (χ0) is 11.7. The number of hydrogen-bond donors (Lipinski definition) is 2. The molecule has 2 fully saturated rings. The molecule has 1 amide bonds. The van der Waals surface area contributed by atoms with Gasteiger partial charge in [-0.2, -0.15) is 0 Å². The molecule has 1 saturated heterocycles. The van der Waals surface area contributed by atoms with Gasteiger partial charge in [-0.1, -0.05) is 5.16 Å². The summed E-state index contributed by atoms with van der Waals surface area (Å²) in [7, 11) is 0. The van der Waals surface area contributed by atoms with E-state index in [9.17, 15) is 4.79 Å². The van der Waals surface area contributed by atoms with E-state index in [1.807, 2.05) is 0 Å². The Hall–Kier alpha value is -1.10. The van der Waals surface area contributed by atoms with E-state index in [1.54, 1.807) is 0 Å². The molecule has 3 aliphatic rings. The average molecular weight is 237 g/mol. The first-order chi connectivity index (χ1) is 8.27. The van der Waals surface area contributed by atoms with Crippen molar-refractivity contribution < 1.29 is 9.63 Å². The molecule has 0 aromatic rings. The van der Waals surface area contributed by atoms with Gasteiger partial charge < -0.3 is 15.5 Å². The topological polar surface area (TPSA) is 62.7 Å². The largest absolute Gasteiger partial charge is 0.388 e. The lowest BCUT2D eigenvalue weighted by atomic mass is 9.87. The lowest BCUT2D eigenvalue weighted by molar-refractivity contribution is -0.115. The zero-order valence-corrected chi connectivity index (χ0v) is 10.00. The normalized spacial score (nSPS) is 26.5. The van der Waals surface area contributed by atoms with Crippen molar-refractivity contribution in [1.29, 1.82) is 0 Å². The van der Waals surface area contributed by atoms with Crippen LogP contribution in [0, 0.1) is 5.92 Å². The minimum Gasteiger partial charge on any atom is -0.388 e. The second kappa shape index (κ2) is 4.29. The van der Waals surface area contributed by atoms with Crippen LogP contribution in [-0.4, -0.2) is 36.9 Å². The number of carbonyl (C=O) groups is 1. The highest BCUT2D eigenvalue weighted by molar-refractivity contribution is 6.39. The first-order valence-electron chi connectivity index (χ1n) is 6.51. The van der Waals surface area contributed by atoms with Crippen LogP contribution in [0.25, 0.3) is 0 Å². The molecule has 2 aliphatic heterocycles. The SMILES string of the molecule is O=C(NCC1CC1)C1=NOC2(CCNCC2)C1. The number of hydrogen-bond acceptors (Lipinski definition) is 4. The maximum absolute atomic E-state index is 11.9. The van der Waals surface area contributed by atoms with E-state index in [0.29, 0.717) is 18.1 Å². The zero-order valence-electron chi connectivity index (χ0n) is 10.00. The third-order valence-electron chi connectivity index (χ3n) is 3.86. The first kappa shape index (κ1) is 11.0. The van der Waals surface area contributed by atoms with Crippen molar-refractivity contribution in [3.63, 3.8) is 0 Å². The number of nitrogens with one attached hydrogen (secondary N) is 2. The van der Waals surface area contributed by atoms with Crippen molar-refractivity contribution >= 4 is 11.6 Å². The van der Waals surface area contributed by atoms with Crippen molar-refractivity contribution in [3.8, 4) is 0 Å². The third kappa shape index (κ3) is 2.44. The summed E-state index contributed by atoms with van der Waals surface area (Å²) in [5.41, 5.74) is 0.380. The molecule has 2 N–H and O–H groups in total. The fourth-order valence-electron chi connectivity index (χ4n) is 2.45. The van der Waals surface area contributed by atoms with Gasteiger partial charge in [-0.3, -0.25) is 4.79 Å². The molecule has 0 aromatic carbocycles. The number of oxime groups is 1. The van der Waals surface area contributed by atoms with Crippen molar-refractivity contribution in [2.24, 2.45) is 11.1 Å². The molecule has 5 nitrogen and oxygen atoms in total. The van der Waals surface area contributed by atoms with Gasteiger partial charge in [0.05, 0.1) is 0 Å². The van der Waals surface area contributed by atoms with E-state index in [1.165, 1.54) is 12.8 Å². The fourth-order valence-corrected chi connectivity index (χ4v) is 2.45. The number of amides is 1. The molecule has 0 atom stereocenters. The van der Waals surface area contributed by atoms with Crippen LogP contribution in [0.1, 0.15) is 32.1 Å². The molecular weight excluding hydrogens is 218 g/mol. The Morgan fingerprint density at radius 3 is 2.94 bits per heavy atom. The first-order valence-corrected chi connectivity index (χ1v) is 6.51. The second-order valence-corrected chi connectivity index (χ2v) is 5.39. The summed E-state index contributed by atoms with van der Waals surface area (Å²) in [6.07, 6.45) is 5.05. The highest BCUT2D eigenvalue weighted by Gasteiger charge is 2.42. The predicted molar refractivity (Wildman–Crippen MR) is 63.7 cm³/mol. The molecule has 1 aliphatic carbocycles. The summed E-state index contributed by atoms with van der Waals surface area (Å²) in [5, 5.41) is 10.2. The minimum absolute atomic E-state index is 0.0349. The van der Waals surface area contributed by atoms with E-state index in [2.05, 4.69) is 15.8 Å². The van der Waals surface area contributed by atoms with E-state index in [-0.39, 0.29) is 11.5 Å². The highest BCUT2D eigenvalue weighted by atomic mass is 16.7. The van der Waals surface area contributed by atoms with Crippen LogP contribution in [0.5, 0.6) is 0 Å². The van der Waals surface area contributed by atoms with Crippen molar-refractivity contribution in [3.05, 3.63) is 0 Å². The summed E-state index contributed by atoms with van der Waals surface area (Å²) in [6, 6.07) is 0. The molecule has 1 spiro atoms. The Bertz CT molecular complexity index is 344. The Kier molecular flexibility index (Phi) is 2.78. The maximum atomic E-state index is 11.9. The number of rotatable bonds is 3. The monoisotopic (exact) mass is 237 g/mol. The summed E-state index contributed by atoms with van der Waals surface area (Å²) in [5.74, 6) is 0.669. The lowest BCUT2D eigenvalue weighted by Crippen LogP contribution is -2.43. The van der Waals surface area contributed by atoms with Crippen LogP contribution in [0.4, 0.5) is 0 Å². The molecule has 0 bridgehead atoms. The summed E-state index contributed by atoms with van der Waals surface area (Å²) >= 11 is 0. The Morgan fingerprint density at radius 2 is 2.24 bits per heavy atom. The summed E-state index contributed by atoms with van der Waals surface area (Å²) < 4.78 is 0. The molecule has 0 radical (unpaired) electrons. The average Bonchev–Trinajstić information content (AvgIpc) is 3.10. The van der Waals surface area contributed by atoms with Gasteiger partial charge in [0.15, 0.2) is 0 Å². The second-order valence-electron chi connectivity index (χ2n) is 5.39. The fraction of sp³-hybridized carbons (Fsp3) is 0.833. The smallest absolute Gasteiger partial charge is 0.269 e. The van der Waals surface area contributed by atoms with E-state index < -0.39 is 0 Å². The molecule has 3 rings (SSSR count). The summed E-state index contributed by atoms with van der Waals surface area (Å²) in [6.45, 7) is 2.70. The summed E-state index contributed by atoms with van der Waals surface area (Å²) in [4.78, 5) is 17.4. The van der Waals surface area contributed by atoms with Crippen molar-refractivity contribution in [1.82, 2.24) is 10.6 Å². The van der Waals surface area contributed by atoms with Crippen LogP contribution >= 0.6 is 0 Å². The molecule has 0 unspecified atom stereocenters. The van der Waals surface area contributed by atoms with Gasteiger partial charge in [0, 0.05) is 25.8 Å². The Labute approximate surface area is 101 Å². The Balaban J connectivity index is 1.52.